The highest BCUT2D eigenvalue weighted by Gasteiger charge is 2.29. The number of rotatable bonds is 0. The number of hydrogen-bond donors (Lipinski definition) is 2. The van der Waals surface area contributed by atoms with Gasteiger partial charge in [0.1, 0.15) is 0 Å². The van der Waals surface area contributed by atoms with Crippen LogP contribution in [-0.4, -0.2) is 10.2 Å². The number of phenols is 2. The molecule has 0 radical (unpaired) electrons. The van der Waals surface area contributed by atoms with E-state index in [2.05, 4.69) is 0 Å². The molecule has 2 aromatic carbocycles. The molecule has 0 fully saturated rings. The van der Waals surface area contributed by atoms with E-state index in [1.807, 2.05) is 0 Å². The van der Waals surface area contributed by atoms with Crippen molar-refractivity contribution >= 4 is 10.8 Å². The van der Waals surface area contributed by atoms with E-state index in [0.29, 0.717) is 0 Å². The molecule has 0 heterocycles. The minimum Gasteiger partial charge on any atom is -0.504 e. The average molecular weight is 268 g/mol. The first-order chi connectivity index (χ1) is 8.29. The Morgan fingerprint density at radius 3 is 1.44 bits per heavy atom. The van der Waals surface area contributed by atoms with Gasteiger partial charge in [0, 0.05) is 0 Å². The standard InChI is InChI=1S/C10H2F6O2/c11-3-1-2(9(17)8(16)6(3)14)5(13)10(18)7(15)4(1)12/h17-18H. The monoisotopic (exact) mass is 268 g/mol. The Hall–Kier alpha value is -2.12. The molecule has 2 N–H and O–H groups in total. The maximum absolute atomic E-state index is 13.3. The van der Waals surface area contributed by atoms with Gasteiger partial charge in [-0.2, -0.15) is 8.78 Å². The topological polar surface area (TPSA) is 40.5 Å². The van der Waals surface area contributed by atoms with Gasteiger partial charge in [0.25, 0.3) is 0 Å². The van der Waals surface area contributed by atoms with Gasteiger partial charge in [-0.05, 0) is 0 Å². The normalized spacial score (nSPS) is 11.2. The molecule has 18 heavy (non-hydrogen) atoms. The van der Waals surface area contributed by atoms with E-state index >= 15 is 0 Å². The van der Waals surface area contributed by atoms with Crippen molar-refractivity contribution in [2.24, 2.45) is 0 Å². The highest BCUT2D eigenvalue weighted by Crippen LogP contribution is 2.40. The number of benzene rings is 2. The van der Waals surface area contributed by atoms with E-state index < -0.39 is 57.2 Å². The van der Waals surface area contributed by atoms with Crippen LogP contribution in [0.2, 0.25) is 0 Å². The zero-order valence-corrected chi connectivity index (χ0v) is 8.16. The zero-order valence-electron chi connectivity index (χ0n) is 8.16. The Morgan fingerprint density at radius 2 is 0.889 bits per heavy atom. The van der Waals surface area contributed by atoms with Crippen molar-refractivity contribution in [3.63, 3.8) is 0 Å². The summed E-state index contributed by atoms with van der Waals surface area (Å²) in [6, 6.07) is 0. The third-order valence-electron chi connectivity index (χ3n) is 2.35. The van der Waals surface area contributed by atoms with E-state index in [4.69, 9.17) is 10.2 Å². The fraction of sp³-hybridized carbons (Fsp3) is 0. The van der Waals surface area contributed by atoms with Gasteiger partial charge in [0.05, 0.1) is 10.8 Å². The third-order valence-corrected chi connectivity index (χ3v) is 2.35. The molecule has 0 unspecified atom stereocenters. The molecule has 0 bridgehead atoms. The lowest BCUT2D eigenvalue weighted by molar-refractivity contribution is 0.370. The molecule has 0 aliphatic heterocycles. The van der Waals surface area contributed by atoms with Crippen molar-refractivity contribution in [1.82, 2.24) is 0 Å². The van der Waals surface area contributed by atoms with Crippen molar-refractivity contribution in [2.45, 2.75) is 0 Å². The van der Waals surface area contributed by atoms with Crippen LogP contribution < -0.4 is 0 Å². The first-order valence-electron chi connectivity index (χ1n) is 4.33. The van der Waals surface area contributed by atoms with Crippen LogP contribution in [0.5, 0.6) is 11.5 Å². The molecule has 0 aliphatic rings. The minimum atomic E-state index is -2.29. The summed E-state index contributed by atoms with van der Waals surface area (Å²) in [5.74, 6) is -16.6. The van der Waals surface area contributed by atoms with E-state index in [9.17, 15) is 26.3 Å². The highest BCUT2D eigenvalue weighted by atomic mass is 19.2. The maximum atomic E-state index is 13.3. The van der Waals surface area contributed by atoms with Gasteiger partial charge in [-0.25, -0.2) is 17.6 Å². The first-order valence-corrected chi connectivity index (χ1v) is 4.33. The van der Waals surface area contributed by atoms with Gasteiger partial charge in [-0.3, -0.25) is 0 Å². The van der Waals surface area contributed by atoms with Gasteiger partial charge >= 0.3 is 0 Å². The van der Waals surface area contributed by atoms with E-state index in [-0.39, 0.29) is 0 Å². The van der Waals surface area contributed by atoms with E-state index in [0.717, 1.165) is 0 Å². The van der Waals surface area contributed by atoms with Crippen LogP contribution in [0, 0.1) is 34.9 Å². The lowest BCUT2D eigenvalue weighted by atomic mass is 10.1. The second kappa shape index (κ2) is 3.69. The molecular formula is C10H2F6O2. The Kier molecular flexibility index (Phi) is 2.53. The summed E-state index contributed by atoms with van der Waals surface area (Å²) < 4.78 is 78.5. The summed E-state index contributed by atoms with van der Waals surface area (Å²) in [5.41, 5.74) is 0. The SMILES string of the molecule is Oc1c(F)c(F)c2c(F)c(F)c(F)c(O)c2c1F. The van der Waals surface area contributed by atoms with Gasteiger partial charge in [-0.1, -0.05) is 0 Å². The van der Waals surface area contributed by atoms with Crippen molar-refractivity contribution in [3.8, 4) is 11.5 Å². The molecule has 2 rings (SSSR count). The smallest absolute Gasteiger partial charge is 0.204 e. The first kappa shape index (κ1) is 12.3. The number of halogens is 6. The van der Waals surface area contributed by atoms with Crippen LogP contribution in [-0.2, 0) is 0 Å². The second-order valence-corrected chi connectivity index (χ2v) is 3.33. The summed E-state index contributed by atoms with van der Waals surface area (Å²) in [4.78, 5) is 0. The van der Waals surface area contributed by atoms with Gasteiger partial charge < -0.3 is 10.2 Å². The molecule has 8 heteroatoms. The predicted octanol–water partition coefficient (Wildman–Crippen LogP) is 3.09. The zero-order chi connectivity index (χ0) is 13.8. The average Bonchev–Trinajstić information content (AvgIpc) is 2.35. The van der Waals surface area contributed by atoms with Crippen LogP contribution in [0.3, 0.4) is 0 Å². The van der Waals surface area contributed by atoms with Gasteiger partial charge in [0.15, 0.2) is 34.8 Å². The Balaban J connectivity index is 3.22. The number of fused-ring (bicyclic) bond motifs is 1. The molecule has 0 atom stereocenters. The molecular weight excluding hydrogens is 266 g/mol. The van der Waals surface area contributed by atoms with Crippen molar-refractivity contribution in [3.05, 3.63) is 34.9 Å². The van der Waals surface area contributed by atoms with E-state index in [1.54, 1.807) is 0 Å². The number of phenolic OH excluding ortho intramolecular Hbond substituents is 2. The number of hydrogen-bond acceptors (Lipinski definition) is 2. The third kappa shape index (κ3) is 1.31. The van der Waals surface area contributed by atoms with Gasteiger partial charge in [-0.15, -0.1) is 0 Å². The maximum Gasteiger partial charge on any atom is 0.204 e. The summed E-state index contributed by atoms with van der Waals surface area (Å²) in [6.45, 7) is 0. The van der Waals surface area contributed by atoms with Crippen molar-refractivity contribution in [1.29, 1.82) is 0 Å². The van der Waals surface area contributed by atoms with Crippen molar-refractivity contribution in [2.75, 3.05) is 0 Å². The van der Waals surface area contributed by atoms with Gasteiger partial charge in [0.2, 0.25) is 11.6 Å². The van der Waals surface area contributed by atoms with Crippen LogP contribution in [0.4, 0.5) is 26.3 Å². The minimum absolute atomic E-state index is 1.48. The molecule has 96 valence electrons. The van der Waals surface area contributed by atoms with Crippen LogP contribution in [0.25, 0.3) is 10.8 Å². The molecule has 0 aliphatic carbocycles. The fourth-order valence-electron chi connectivity index (χ4n) is 1.50. The molecule has 0 amide bonds. The molecule has 2 nitrogen and oxygen atoms in total. The van der Waals surface area contributed by atoms with Crippen LogP contribution in [0.15, 0.2) is 0 Å². The summed E-state index contributed by atoms with van der Waals surface area (Å²) in [7, 11) is 0. The highest BCUT2D eigenvalue weighted by molar-refractivity contribution is 5.91. The fourth-order valence-corrected chi connectivity index (χ4v) is 1.50. The summed E-state index contributed by atoms with van der Waals surface area (Å²) in [6.07, 6.45) is 0. The summed E-state index contributed by atoms with van der Waals surface area (Å²) >= 11 is 0. The van der Waals surface area contributed by atoms with Crippen molar-refractivity contribution < 1.29 is 36.6 Å². The Morgan fingerprint density at radius 1 is 0.444 bits per heavy atom. The van der Waals surface area contributed by atoms with Crippen LogP contribution in [0.1, 0.15) is 0 Å². The summed E-state index contributed by atoms with van der Waals surface area (Å²) in [5, 5.41) is 14.8. The molecule has 0 saturated heterocycles. The quantitative estimate of drug-likeness (QED) is 0.438. The predicted molar refractivity (Wildman–Crippen MR) is 47.0 cm³/mol. The lowest BCUT2D eigenvalue weighted by Crippen LogP contribution is -2.01. The molecule has 0 spiro atoms. The van der Waals surface area contributed by atoms with Crippen LogP contribution >= 0.6 is 0 Å². The Bertz CT molecular complexity index is 569. The Labute approximate surface area is 94.7 Å². The molecule has 2 aromatic rings. The van der Waals surface area contributed by atoms with E-state index in [1.165, 1.54) is 0 Å². The molecule has 0 saturated carbocycles. The largest absolute Gasteiger partial charge is 0.504 e. The molecule has 0 aromatic heterocycles. The second-order valence-electron chi connectivity index (χ2n) is 3.33. The lowest BCUT2D eigenvalue weighted by Gasteiger charge is -2.09. The number of aromatic hydroxyl groups is 2.